The number of hydrogen-bond acceptors (Lipinski definition) is 3. The van der Waals surface area contributed by atoms with Gasteiger partial charge in [0.15, 0.2) is 0 Å². The van der Waals surface area contributed by atoms with E-state index in [2.05, 4.69) is 15.5 Å². The maximum absolute atomic E-state index is 12.3. The van der Waals surface area contributed by atoms with Crippen LogP contribution < -0.4 is 5.32 Å². The highest BCUT2D eigenvalue weighted by molar-refractivity contribution is 5.74. The summed E-state index contributed by atoms with van der Waals surface area (Å²) in [5.74, 6) is 1.23. The van der Waals surface area contributed by atoms with Gasteiger partial charge in [0, 0.05) is 32.6 Å². The first kappa shape index (κ1) is 14.6. The molecule has 3 rings (SSSR count). The van der Waals surface area contributed by atoms with Gasteiger partial charge in [-0.05, 0) is 18.4 Å². The predicted octanol–water partition coefficient (Wildman–Crippen LogP) is 1.90. The van der Waals surface area contributed by atoms with Gasteiger partial charge in [0.05, 0.1) is 0 Å². The van der Waals surface area contributed by atoms with Crippen LogP contribution in [0.5, 0.6) is 0 Å². The second-order valence-electron chi connectivity index (χ2n) is 5.73. The molecule has 1 aromatic carbocycles. The molecule has 1 N–H and O–H groups in total. The highest BCUT2D eigenvalue weighted by Gasteiger charge is 2.27. The molecule has 6 nitrogen and oxygen atoms in total. The van der Waals surface area contributed by atoms with E-state index < -0.39 is 0 Å². The van der Waals surface area contributed by atoms with Gasteiger partial charge in [0.2, 0.25) is 0 Å². The van der Waals surface area contributed by atoms with Crippen LogP contribution in [0.3, 0.4) is 0 Å². The summed E-state index contributed by atoms with van der Waals surface area (Å²) in [5, 5.41) is 11.1. The van der Waals surface area contributed by atoms with Crippen molar-refractivity contribution >= 4 is 6.03 Å². The van der Waals surface area contributed by atoms with Crippen LogP contribution in [0.25, 0.3) is 0 Å². The van der Waals surface area contributed by atoms with Gasteiger partial charge < -0.3 is 14.8 Å². The zero-order valence-electron chi connectivity index (χ0n) is 12.8. The number of likely N-dealkylation sites (tertiary alicyclic amines) is 1. The number of rotatable bonds is 3. The summed E-state index contributed by atoms with van der Waals surface area (Å²) in [6.45, 7) is 2.06. The molecule has 1 saturated heterocycles. The van der Waals surface area contributed by atoms with Crippen LogP contribution in [0.1, 0.15) is 30.1 Å². The molecular formula is C16H21N5O. The molecule has 0 saturated carbocycles. The number of nitrogens with one attached hydrogen (secondary N) is 1. The Morgan fingerprint density at radius 3 is 2.91 bits per heavy atom. The van der Waals surface area contributed by atoms with Crippen LogP contribution in [0.2, 0.25) is 0 Å². The van der Waals surface area contributed by atoms with Crippen molar-refractivity contribution in [3.63, 3.8) is 0 Å². The highest BCUT2D eigenvalue weighted by atomic mass is 16.2. The molecule has 1 fully saturated rings. The second-order valence-corrected chi connectivity index (χ2v) is 5.73. The molecular weight excluding hydrogens is 278 g/mol. The molecule has 2 aromatic rings. The summed E-state index contributed by atoms with van der Waals surface area (Å²) in [6.07, 6.45) is 3.76. The fraction of sp³-hybridized carbons (Fsp3) is 0.438. The van der Waals surface area contributed by atoms with Crippen LogP contribution >= 0.6 is 0 Å². The van der Waals surface area contributed by atoms with Crippen molar-refractivity contribution in [2.24, 2.45) is 7.05 Å². The maximum Gasteiger partial charge on any atom is 0.317 e. The number of nitrogens with zero attached hydrogens (tertiary/aromatic N) is 4. The van der Waals surface area contributed by atoms with Crippen molar-refractivity contribution < 1.29 is 4.79 Å². The number of carbonyl (C=O) groups is 1. The highest BCUT2D eigenvalue weighted by Crippen LogP contribution is 2.24. The Labute approximate surface area is 130 Å². The predicted molar refractivity (Wildman–Crippen MR) is 83.2 cm³/mol. The van der Waals surface area contributed by atoms with Crippen LogP contribution in [0, 0.1) is 0 Å². The van der Waals surface area contributed by atoms with E-state index in [1.807, 2.05) is 46.8 Å². The fourth-order valence-corrected chi connectivity index (χ4v) is 2.92. The molecule has 0 unspecified atom stereocenters. The first-order valence-corrected chi connectivity index (χ1v) is 7.64. The zero-order chi connectivity index (χ0) is 15.4. The molecule has 0 aliphatic carbocycles. The summed E-state index contributed by atoms with van der Waals surface area (Å²) < 4.78 is 1.94. The summed E-state index contributed by atoms with van der Waals surface area (Å²) in [7, 11) is 1.95. The summed E-state index contributed by atoms with van der Waals surface area (Å²) >= 11 is 0. The summed E-state index contributed by atoms with van der Waals surface area (Å²) in [5.41, 5.74) is 1.11. The standard InChI is InChI=1S/C16H21N5O/c1-20-12-18-19-15(20)14-8-5-9-21(11-14)16(22)17-10-13-6-3-2-4-7-13/h2-4,6-7,12,14H,5,8-11H2,1H3,(H,17,22)/t14-/m1/s1. The van der Waals surface area contributed by atoms with Gasteiger partial charge in [-0.25, -0.2) is 4.79 Å². The molecule has 1 aliphatic rings. The van der Waals surface area contributed by atoms with Gasteiger partial charge in [-0.15, -0.1) is 10.2 Å². The van der Waals surface area contributed by atoms with E-state index in [1.165, 1.54) is 0 Å². The van der Waals surface area contributed by atoms with E-state index >= 15 is 0 Å². The third-order valence-electron chi connectivity index (χ3n) is 4.11. The largest absolute Gasteiger partial charge is 0.334 e. The van der Waals surface area contributed by atoms with Crippen molar-refractivity contribution in [3.05, 3.63) is 48.0 Å². The third kappa shape index (κ3) is 3.27. The smallest absolute Gasteiger partial charge is 0.317 e. The number of piperidine rings is 1. The van der Waals surface area contributed by atoms with E-state index in [0.29, 0.717) is 13.1 Å². The summed E-state index contributed by atoms with van der Waals surface area (Å²) in [4.78, 5) is 14.2. The number of carbonyl (C=O) groups excluding carboxylic acids is 1. The molecule has 1 atom stereocenters. The van der Waals surface area contributed by atoms with Gasteiger partial charge in [0.25, 0.3) is 0 Å². The number of aromatic nitrogens is 3. The molecule has 0 radical (unpaired) electrons. The molecule has 0 bridgehead atoms. The third-order valence-corrected chi connectivity index (χ3v) is 4.11. The molecule has 116 valence electrons. The van der Waals surface area contributed by atoms with Gasteiger partial charge in [0.1, 0.15) is 12.2 Å². The average Bonchev–Trinajstić information content (AvgIpc) is 3.00. The van der Waals surface area contributed by atoms with Crippen molar-refractivity contribution in [2.45, 2.75) is 25.3 Å². The molecule has 0 spiro atoms. The lowest BCUT2D eigenvalue weighted by Gasteiger charge is -2.32. The van der Waals surface area contributed by atoms with Crippen molar-refractivity contribution in [2.75, 3.05) is 13.1 Å². The van der Waals surface area contributed by atoms with Crippen LogP contribution in [-0.2, 0) is 13.6 Å². The first-order valence-electron chi connectivity index (χ1n) is 7.64. The lowest BCUT2D eigenvalue weighted by Crippen LogP contribution is -2.45. The first-order chi connectivity index (χ1) is 10.7. The Morgan fingerprint density at radius 2 is 2.18 bits per heavy atom. The van der Waals surface area contributed by atoms with Crippen LogP contribution in [0.15, 0.2) is 36.7 Å². The van der Waals surface area contributed by atoms with E-state index in [0.717, 1.165) is 30.8 Å². The average molecular weight is 299 g/mol. The maximum atomic E-state index is 12.3. The van der Waals surface area contributed by atoms with Crippen LogP contribution in [0.4, 0.5) is 4.79 Å². The zero-order valence-corrected chi connectivity index (χ0v) is 12.8. The monoisotopic (exact) mass is 299 g/mol. The lowest BCUT2D eigenvalue weighted by atomic mass is 9.97. The van der Waals surface area contributed by atoms with Gasteiger partial charge in [-0.3, -0.25) is 0 Å². The van der Waals surface area contributed by atoms with Crippen molar-refractivity contribution in [1.29, 1.82) is 0 Å². The Morgan fingerprint density at radius 1 is 1.36 bits per heavy atom. The minimum Gasteiger partial charge on any atom is -0.334 e. The topological polar surface area (TPSA) is 63.1 Å². The quantitative estimate of drug-likeness (QED) is 0.941. The van der Waals surface area contributed by atoms with E-state index in [-0.39, 0.29) is 11.9 Å². The molecule has 2 amide bonds. The summed E-state index contributed by atoms with van der Waals surface area (Å²) in [6, 6.07) is 9.95. The van der Waals surface area contributed by atoms with Crippen molar-refractivity contribution in [3.8, 4) is 0 Å². The molecule has 1 aromatic heterocycles. The SMILES string of the molecule is Cn1cnnc1[C@@H]1CCCN(C(=O)NCc2ccccc2)C1. The van der Waals surface area contributed by atoms with E-state index in [9.17, 15) is 4.79 Å². The number of amides is 2. The number of benzene rings is 1. The minimum absolute atomic E-state index is 0.00396. The second kappa shape index (κ2) is 6.60. The lowest BCUT2D eigenvalue weighted by molar-refractivity contribution is 0.177. The van der Waals surface area contributed by atoms with Gasteiger partial charge in [-0.1, -0.05) is 30.3 Å². The number of urea groups is 1. The van der Waals surface area contributed by atoms with Gasteiger partial charge >= 0.3 is 6.03 Å². The van der Waals surface area contributed by atoms with E-state index in [4.69, 9.17) is 0 Å². The number of hydrogen-bond donors (Lipinski definition) is 1. The normalized spacial score (nSPS) is 18.2. The minimum atomic E-state index is -0.00396. The Balaban J connectivity index is 1.57. The number of aryl methyl sites for hydroxylation is 1. The Hall–Kier alpha value is -2.37. The van der Waals surface area contributed by atoms with Crippen LogP contribution in [-0.4, -0.2) is 38.8 Å². The molecule has 6 heteroatoms. The van der Waals surface area contributed by atoms with E-state index in [1.54, 1.807) is 6.33 Å². The fourth-order valence-electron chi connectivity index (χ4n) is 2.92. The molecule has 22 heavy (non-hydrogen) atoms. The van der Waals surface area contributed by atoms with Crippen molar-refractivity contribution in [1.82, 2.24) is 25.0 Å². The Bertz CT molecular complexity index is 624. The molecule has 1 aliphatic heterocycles. The van der Waals surface area contributed by atoms with Gasteiger partial charge in [-0.2, -0.15) is 0 Å². The Kier molecular flexibility index (Phi) is 4.37. The molecule has 2 heterocycles.